The van der Waals surface area contributed by atoms with E-state index in [4.69, 9.17) is 17.3 Å². The van der Waals surface area contributed by atoms with Crippen LogP contribution in [0.1, 0.15) is 16.7 Å². The molecule has 2 heterocycles. The van der Waals surface area contributed by atoms with Crippen molar-refractivity contribution in [3.05, 3.63) is 52.4 Å². The van der Waals surface area contributed by atoms with Crippen LogP contribution >= 0.6 is 11.6 Å². The van der Waals surface area contributed by atoms with Crippen LogP contribution in [-0.2, 0) is 0 Å². The van der Waals surface area contributed by atoms with Crippen molar-refractivity contribution in [3.63, 3.8) is 0 Å². The van der Waals surface area contributed by atoms with E-state index in [0.717, 1.165) is 11.1 Å². The molecule has 2 aromatic heterocycles. The molecule has 2 N–H and O–H groups in total. The van der Waals surface area contributed by atoms with Crippen LogP contribution in [0.3, 0.4) is 0 Å². The molecule has 0 aliphatic heterocycles. The Balaban J connectivity index is 2.41. The van der Waals surface area contributed by atoms with Crippen molar-refractivity contribution in [1.29, 1.82) is 0 Å². The molecule has 0 atom stereocenters. The number of hydrogen-bond donors (Lipinski definition) is 1. The second kappa shape index (κ2) is 4.86. The first kappa shape index (κ1) is 11.4. The molecule has 0 aromatic carbocycles. The molecule has 0 saturated heterocycles. The molecule has 0 aliphatic carbocycles. The topological polar surface area (TPSA) is 51.8 Å². The van der Waals surface area contributed by atoms with Crippen molar-refractivity contribution >= 4 is 17.4 Å². The van der Waals surface area contributed by atoms with Gasteiger partial charge in [-0.3, -0.25) is 4.98 Å². The number of nitrogens with zero attached hydrogens (tertiary/aromatic N) is 2. The second-order valence-corrected chi connectivity index (χ2v) is 3.88. The van der Waals surface area contributed by atoms with E-state index in [-0.39, 0.29) is 0 Å². The molecule has 2 rings (SSSR count). The van der Waals surface area contributed by atoms with Crippen LogP contribution in [0.15, 0.2) is 30.6 Å². The minimum atomic E-state index is 0.332. The monoisotopic (exact) mass is 243 g/mol. The highest BCUT2D eigenvalue weighted by Crippen LogP contribution is 2.18. The summed E-state index contributed by atoms with van der Waals surface area (Å²) in [7, 11) is 0. The van der Waals surface area contributed by atoms with Gasteiger partial charge in [-0.15, -0.1) is 0 Å². The largest absolute Gasteiger partial charge is 0.384 e. The Morgan fingerprint density at radius 2 is 2.18 bits per heavy atom. The number of halogens is 1. The normalized spacial score (nSPS) is 9.53. The zero-order valence-corrected chi connectivity index (χ0v) is 9.99. The van der Waals surface area contributed by atoms with Crippen molar-refractivity contribution in [2.75, 3.05) is 5.73 Å². The van der Waals surface area contributed by atoms with Gasteiger partial charge in [0.15, 0.2) is 0 Å². The summed E-state index contributed by atoms with van der Waals surface area (Å²) in [5, 5.41) is 0.332. The van der Waals surface area contributed by atoms with Crippen molar-refractivity contribution in [2.24, 2.45) is 0 Å². The Morgan fingerprint density at radius 1 is 1.35 bits per heavy atom. The summed E-state index contributed by atoms with van der Waals surface area (Å²) >= 11 is 5.99. The highest BCUT2D eigenvalue weighted by atomic mass is 35.5. The van der Waals surface area contributed by atoms with Gasteiger partial charge in [0.2, 0.25) is 0 Å². The highest BCUT2D eigenvalue weighted by Gasteiger charge is 2.03. The molecule has 2 aromatic rings. The van der Waals surface area contributed by atoms with E-state index in [1.807, 2.05) is 19.1 Å². The number of aromatic nitrogens is 2. The lowest BCUT2D eigenvalue weighted by atomic mass is 10.1. The number of rotatable bonds is 0. The molecule has 0 unspecified atom stereocenters. The summed E-state index contributed by atoms with van der Waals surface area (Å²) in [6.07, 6.45) is 3.40. The summed E-state index contributed by atoms with van der Waals surface area (Å²) in [6, 6.07) is 5.47. The predicted molar refractivity (Wildman–Crippen MR) is 68.6 cm³/mol. The van der Waals surface area contributed by atoms with Crippen LogP contribution in [0, 0.1) is 18.8 Å². The van der Waals surface area contributed by atoms with E-state index in [1.54, 1.807) is 18.5 Å². The van der Waals surface area contributed by atoms with Crippen LogP contribution in [0.2, 0.25) is 5.15 Å². The molecule has 0 bridgehead atoms. The predicted octanol–water partition coefficient (Wildman–Crippen LogP) is 2.42. The Hall–Kier alpha value is -2.05. The third-order valence-corrected chi connectivity index (χ3v) is 2.46. The fraction of sp³-hybridized carbons (Fsp3) is 0.0769. The highest BCUT2D eigenvalue weighted by molar-refractivity contribution is 6.30. The van der Waals surface area contributed by atoms with Gasteiger partial charge in [0, 0.05) is 18.0 Å². The summed E-state index contributed by atoms with van der Waals surface area (Å²) in [6.45, 7) is 1.90. The van der Waals surface area contributed by atoms with Gasteiger partial charge in [-0.2, -0.15) is 0 Å². The molecule has 84 valence electrons. The van der Waals surface area contributed by atoms with Gasteiger partial charge in [-0.1, -0.05) is 23.4 Å². The third kappa shape index (κ3) is 2.74. The number of nitrogens with two attached hydrogens (primary N) is 1. The minimum Gasteiger partial charge on any atom is -0.384 e. The molecule has 17 heavy (non-hydrogen) atoms. The molecule has 3 nitrogen and oxygen atoms in total. The molecule has 0 fully saturated rings. The van der Waals surface area contributed by atoms with E-state index in [0.29, 0.717) is 16.5 Å². The standard InChI is InChI=1S/C13H10ClN3/c1-9-7-12(15)17-13(14)11(9)5-4-10-3-2-6-16-8-10/h2-3,6-8H,1H3,(H2,15,17). The number of pyridine rings is 2. The number of nitrogen functional groups attached to an aromatic ring is 1. The maximum atomic E-state index is 5.99. The van der Waals surface area contributed by atoms with Crippen molar-refractivity contribution in [2.45, 2.75) is 6.92 Å². The van der Waals surface area contributed by atoms with E-state index >= 15 is 0 Å². The maximum Gasteiger partial charge on any atom is 0.147 e. The lowest BCUT2D eigenvalue weighted by Crippen LogP contribution is -1.95. The zero-order chi connectivity index (χ0) is 12.3. The van der Waals surface area contributed by atoms with Gasteiger partial charge in [0.1, 0.15) is 11.0 Å². The Morgan fingerprint density at radius 3 is 2.82 bits per heavy atom. The molecule has 0 aliphatic rings. The van der Waals surface area contributed by atoms with Crippen molar-refractivity contribution in [1.82, 2.24) is 9.97 Å². The molecule has 0 saturated carbocycles. The lowest BCUT2D eigenvalue weighted by Gasteiger charge is -2.01. The van der Waals surface area contributed by atoms with Gasteiger partial charge in [-0.05, 0) is 30.7 Å². The molecular formula is C13H10ClN3. The average molecular weight is 244 g/mol. The molecule has 0 radical (unpaired) electrons. The Bertz CT molecular complexity index is 574. The van der Waals surface area contributed by atoms with E-state index in [2.05, 4.69) is 21.8 Å². The van der Waals surface area contributed by atoms with Crippen LogP contribution in [-0.4, -0.2) is 9.97 Å². The first-order valence-electron chi connectivity index (χ1n) is 5.01. The lowest BCUT2D eigenvalue weighted by molar-refractivity contribution is 1.27. The van der Waals surface area contributed by atoms with Crippen LogP contribution in [0.5, 0.6) is 0 Å². The Kier molecular flexibility index (Phi) is 3.27. The molecular weight excluding hydrogens is 234 g/mol. The molecule has 0 amide bonds. The van der Waals surface area contributed by atoms with Gasteiger partial charge in [0.05, 0.1) is 5.56 Å². The third-order valence-electron chi connectivity index (χ3n) is 2.19. The van der Waals surface area contributed by atoms with Crippen LogP contribution in [0.25, 0.3) is 0 Å². The first-order valence-corrected chi connectivity index (χ1v) is 5.39. The number of aryl methyl sites for hydroxylation is 1. The summed E-state index contributed by atoms with van der Waals surface area (Å²) in [4.78, 5) is 7.96. The Labute approximate surface area is 105 Å². The summed E-state index contributed by atoms with van der Waals surface area (Å²) in [5.74, 6) is 6.37. The average Bonchev–Trinajstić information content (AvgIpc) is 2.29. The summed E-state index contributed by atoms with van der Waals surface area (Å²) < 4.78 is 0. The van der Waals surface area contributed by atoms with E-state index in [1.165, 1.54) is 0 Å². The van der Waals surface area contributed by atoms with E-state index < -0.39 is 0 Å². The SMILES string of the molecule is Cc1cc(N)nc(Cl)c1C#Cc1cccnc1. The van der Waals surface area contributed by atoms with Gasteiger partial charge >= 0.3 is 0 Å². The van der Waals surface area contributed by atoms with Gasteiger partial charge < -0.3 is 5.73 Å². The van der Waals surface area contributed by atoms with Crippen LogP contribution < -0.4 is 5.73 Å². The first-order chi connectivity index (χ1) is 8.16. The van der Waals surface area contributed by atoms with Gasteiger partial charge in [-0.25, -0.2) is 4.98 Å². The van der Waals surface area contributed by atoms with E-state index in [9.17, 15) is 0 Å². The van der Waals surface area contributed by atoms with Crippen molar-refractivity contribution < 1.29 is 0 Å². The molecule has 0 spiro atoms. The number of anilines is 1. The smallest absolute Gasteiger partial charge is 0.147 e. The van der Waals surface area contributed by atoms with Gasteiger partial charge in [0.25, 0.3) is 0 Å². The fourth-order valence-corrected chi connectivity index (χ4v) is 1.67. The quantitative estimate of drug-likeness (QED) is 0.571. The number of hydrogen-bond acceptors (Lipinski definition) is 3. The minimum absolute atomic E-state index is 0.332. The maximum absolute atomic E-state index is 5.99. The zero-order valence-electron chi connectivity index (χ0n) is 9.24. The second-order valence-electron chi connectivity index (χ2n) is 3.52. The molecule has 4 heteroatoms. The van der Waals surface area contributed by atoms with Crippen molar-refractivity contribution in [3.8, 4) is 11.8 Å². The fourth-order valence-electron chi connectivity index (χ4n) is 1.38. The van der Waals surface area contributed by atoms with Crippen LogP contribution in [0.4, 0.5) is 5.82 Å². The summed E-state index contributed by atoms with van der Waals surface area (Å²) in [5.41, 5.74) is 8.03.